The first-order valence-corrected chi connectivity index (χ1v) is 8.05. The Balaban J connectivity index is 1.60. The predicted molar refractivity (Wildman–Crippen MR) is 90.6 cm³/mol. The third-order valence-electron chi connectivity index (χ3n) is 4.30. The van der Waals surface area contributed by atoms with Crippen molar-refractivity contribution in [2.45, 2.75) is 6.54 Å². The van der Waals surface area contributed by atoms with E-state index in [0.29, 0.717) is 24.3 Å². The molecule has 0 unspecified atom stereocenters. The second-order valence-corrected chi connectivity index (χ2v) is 6.21. The highest BCUT2D eigenvalue weighted by Gasteiger charge is 2.23. The zero-order chi connectivity index (χ0) is 17.1. The van der Waals surface area contributed by atoms with Gasteiger partial charge in [-0.1, -0.05) is 0 Å². The molecule has 0 saturated carbocycles. The van der Waals surface area contributed by atoms with Crippen LogP contribution in [-0.2, 0) is 6.54 Å². The maximum absolute atomic E-state index is 14.1. The van der Waals surface area contributed by atoms with Crippen LogP contribution < -0.4 is 4.90 Å². The Morgan fingerprint density at radius 2 is 1.96 bits per heavy atom. The van der Waals surface area contributed by atoms with Gasteiger partial charge in [-0.2, -0.15) is 0 Å². The van der Waals surface area contributed by atoms with Crippen LogP contribution in [0.5, 0.6) is 0 Å². The number of nitrogens with zero attached hydrogens (tertiary/aromatic N) is 3. The monoisotopic (exact) mass is 331 g/mol. The van der Waals surface area contributed by atoms with Gasteiger partial charge in [-0.05, 0) is 30.3 Å². The summed E-state index contributed by atoms with van der Waals surface area (Å²) in [5, 5.41) is 0. The fraction of sp³-hybridized carbons (Fsp3) is 0.389. The van der Waals surface area contributed by atoms with E-state index in [1.807, 2.05) is 12.1 Å². The molecule has 2 aromatic rings. The number of carbonyl (C=O) groups excluding carboxylic acids is 1. The minimum absolute atomic E-state index is 0.114. The molecule has 128 valence electrons. The Kier molecular flexibility index (Phi) is 4.85. The summed E-state index contributed by atoms with van der Waals surface area (Å²) in [7, 11) is 3.55. The van der Waals surface area contributed by atoms with Gasteiger partial charge < -0.3 is 14.2 Å². The Morgan fingerprint density at radius 1 is 1.21 bits per heavy atom. The topological polar surface area (TPSA) is 39.9 Å². The van der Waals surface area contributed by atoms with Crippen molar-refractivity contribution in [1.82, 2.24) is 9.80 Å². The highest BCUT2D eigenvalue weighted by atomic mass is 19.1. The third-order valence-corrected chi connectivity index (χ3v) is 4.30. The fourth-order valence-corrected chi connectivity index (χ4v) is 2.92. The standard InChI is InChI=1S/C18H22FN3O2/c1-20(2)17-6-5-14(12-16(17)19)18(23)22-9-7-21(8-10-22)13-15-4-3-11-24-15/h3-6,11-12H,7-10,13H2,1-2H3. The van der Waals surface area contributed by atoms with Crippen LogP contribution in [-0.4, -0.2) is 56.0 Å². The van der Waals surface area contributed by atoms with Crippen molar-refractivity contribution in [1.29, 1.82) is 0 Å². The van der Waals surface area contributed by atoms with E-state index in [1.165, 1.54) is 6.07 Å². The molecule has 3 rings (SSSR count). The van der Waals surface area contributed by atoms with Gasteiger partial charge >= 0.3 is 0 Å². The lowest BCUT2D eigenvalue weighted by Crippen LogP contribution is -2.48. The molecule has 6 heteroatoms. The van der Waals surface area contributed by atoms with E-state index in [1.54, 1.807) is 42.3 Å². The minimum atomic E-state index is -0.373. The summed E-state index contributed by atoms with van der Waals surface area (Å²) in [5.41, 5.74) is 0.882. The van der Waals surface area contributed by atoms with Gasteiger partial charge in [0.25, 0.3) is 5.91 Å². The van der Waals surface area contributed by atoms with Crippen LogP contribution in [0.15, 0.2) is 41.0 Å². The number of hydrogen-bond donors (Lipinski definition) is 0. The smallest absolute Gasteiger partial charge is 0.254 e. The largest absolute Gasteiger partial charge is 0.468 e. The molecule has 1 amide bonds. The number of carbonyl (C=O) groups is 1. The number of furan rings is 1. The number of halogens is 1. The van der Waals surface area contributed by atoms with E-state index in [-0.39, 0.29) is 11.7 Å². The highest BCUT2D eigenvalue weighted by Crippen LogP contribution is 2.20. The quantitative estimate of drug-likeness (QED) is 0.863. The molecule has 24 heavy (non-hydrogen) atoms. The van der Waals surface area contributed by atoms with Crippen LogP contribution in [0.1, 0.15) is 16.1 Å². The molecule has 0 bridgehead atoms. The van der Waals surface area contributed by atoms with Crippen molar-refractivity contribution < 1.29 is 13.6 Å². The number of rotatable bonds is 4. The maximum atomic E-state index is 14.1. The minimum Gasteiger partial charge on any atom is -0.468 e. The van der Waals surface area contributed by atoms with Gasteiger partial charge in [0.1, 0.15) is 11.6 Å². The second-order valence-electron chi connectivity index (χ2n) is 6.21. The number of hydrogen-bond acceptors (Lipinski definition) is 4. The molecule has 1 saturated heterocycles. The van der Waals surface area contributed by atoms with Crippen LogP contribution in [0, 0.1) is 5.82 Å². The van der Waals surface area contributed by atoms with E-state index in [2.05, 4.69) is 4.90 Å². The first kappa shape index (κ1) is 16.5. The molecule has 0 radical (unpaired) electrons. The predicted octanol–water partition coefficient (Wildman–Crippen LogP) is 2.44. The van der Waals surface area contributed by atoms with Crippen molar-refractivity contribution in [2.24, 2.45) is 0 Å². The van der Waals surface area contributed by atoms with Crippen LogP contribution in [0.2, 0.25) is 0 Å². The molecule has 1 aromatic heterocycles. The van der Waals surface area contributed by atoms with Gasteiger partial charge in [0.05, 0.1) is 18.5 Å². The average Bonchev–Trinajstić information content (AvgIpc) is 3.07. The van der Waals surface area contributed by atoms with Crippen molar-refractivity contribution >= 4 is 11.6 Å². The summed E-state index contributed by atoms with van der Waals surface area (Å²) in [6.07, 6.45) is 1.67. The van der Waals surface area contributed by atoms with E-state index in [0.717, 1.165) is 25.4 Å². The van der Waals surface area contributed by atoms with Gasteiger partial charge in [-0.15, -0.1) is 0 Å². The molecule has 1 aromatic carbocycles. The Bertz CT molecular complexity index is 692. The summed E-state index contributed by atoms with van der Waals surface area (Å²) < 4.78 is 19.4. The second kappa shape index (κ2) is 7.05. The molecule has 0 N–H and O–H groups in total. The lowest BCUT2D eigenvalue weighted by molar-refractivity contribution is 0.0620. The van der Waals surface area contributed by atoms with E-state index in [4.69, 9.17) is 4.42 Å². The molecular formula is C18H22FN3O2. The van der Waals surface area contributed by atoms with Crippen molar-refractivity contribution in [3.8, 4) is 0 Å². The molecule has 5 nitrogen and oxygen atoms in total. The summed E-state index contributed by atoms with van der Waals surface area (Å²) in [6.45, 7) is 3.59. The summed E-state index contributed by atoms with van der Waals surface area (Å²) >= 11 is 0. The number of amides is 1. The lowest BCUT2D eigenvalue weighted by Gasteiger charge is -2.34. The molecule has 0 aliphatic carbocycles. The zero-order valence-corrected chi connectivity index (χ0v) is 14.0. The third kappa shape index (κ3) is 3.59. The Morgan fingerprint density at radius 3 is 2.54 bits per heavy atom. The van der Waals surface area contributed by atoms with Crippen molar-refractivity contribution in [2.75, 3.05) is 45.2 Å². The van der Waals surface area contributed by atoms with E-state index >= 15 is 0 Å². The van der Waals surface area contributed by atoms with Gasteiger partial charge in [0.15, 0.2) is 0 Å². The number of piperazine rings is 1. The molecule has 0 spiro atoms. The van der Waals surface area contributed by atoms with Gasteiger partial charge in [0.2, 0.25) is 0 Å². The molecular weight excluding hydrogens is 309 g/mol. The van der Waals surface area contributed by atoms with Gasteiger partial charge in [0, 0.05) is 45.8 Å². The zero-order valence-electron chi connectivity index (χ0n) is 14.0. The summed E-state index contributed by atoms with van der Waals surface area (Å²) in [5.74, 6) is 0.440. The van der Waals surface area contributed by atoms with Crippen molar-refractivity contribution in [3.05, 3.63) is 53.7 Å². The Hall–Kier alpha value is -2.34. The number of anilines is 1. The molecule has 2 heterocycles. The maximum Gasteiger partial charge on any atom is 0.254 e. The molecule has 0 atom stereocenters. The Labute approximate surface area is 141 Å². The first-order chi connectivity index (χ1) is 11.5. The van der Waals surface area contributed by atoms with E-state index in [9.17, 15) is 9.18 Å². The van der Waals surface area contributed by atoms with Crippen LogP contribution in [0.3, 0.4) is 0 Å². The van der Waals surface area contributed by atoms with Gasteiger partial charge in [-0.3, -0.25) is 9.69 Å². The first-order valence-electron chi connectivity index (χ1n) is 8.05. The highest BCUT2D eigenvalue weighted by molar-refractivity contribution is 5.94. The SMILES string of the molecule is CN(C)c1ccc(C(=O)N2CCN(Cc3ccco3)CC2)cc1F. The van der Waals surface area contributed by atoms with Crippen LogP contribution >= 0.6 is 0 Å². The van der Waals surface area contributed by atoms with E-state index < -0.39 is 0 Å². The fourth-order valence-electron chi connectivity index (χ4n) is 2.92. The lowest BCUT2D eigenvalue weighted by atomic mass is 10.1. The number of benzene rings is 1. The van der Waals surface area contributed by atoms with Crippen LogP contribution in [0.4, 0.5) is 10.1 Å². The molecule has 1 aliphatic heterocycles. The summed E-state index contributed by atoms with van der Waals surface area (Å²) in [4.78, 5) is 18.3. The van der Waals surface area contributed by atoms with Gasteiger partial charge in [-0.25, -0.2) is 4.39 Å². The molecule has 1 aliphatic rings. The molecule has 1 fully saturated rings. The summed E-state index contributed by atoms with van der Waals surface area (Å²) in [6, 6.07) is 8.49. The van der Waals surface area contributed by atoms with Crippen LogP contribution in [0.25, 0.3) is 0 Å². The van der Waals surface area contributed by atoms with Crippen molar-refractivity contribution in [3.63, 3.8) is 0 Å². The normalized spacial score (nSPS) is 15.5. The average molecular weight is 331 g/mol.